The zero-order chi connectivity index (χ0) is 29.0. The molecule has 0 aliphatic heterocycles. The van der Waals surface area contributed by atoms with Crippen LogP contribution in [0.15, 0.2) is 50.9 Å². The van der Waals surface area contributed by atoms with Gasteiger partial charge < -0.3 is 31.9 Å². The Kier molecular flexibility index (Phi) is 19.0. The van der Waals surface area contributed by atoms with Crippen LogP contribution in [-0.4, -0.2) is 38.5 Å². The van der Waals surface area contributed by atoms with E-state index in [1.54, 1.807) is 0 Å². The Bertz CT molecular complexity index is 983. The van der Waals surface area contributed by atoms with Crippen LogP contribution in [0.4, 0.5) is 0 Å². The van der Waals surface area contributed by atoms with E-state index in [-0.39, 0.29) is 26.2 Å². The van der Waals surface area contributed by atoms with Crippen LogP contribution in [0.25, 0.3) is 0 Å². The third-order valence-corrected chi connectivity index (χ3v) is 5.62. The third-order valence-electron chi connectivity index (χ3n) is 5.62. The number of hydrogen-bond acceptors (Lipinski definition) is 6. The van der Waals surface area contributed by atoms with Gasteiger partial charge in [-0.2, -0.15) is 16.7 Å². The van der Waals surface area contributed by atoms with Gasteiger partial charge in [0.15, 0.2) is 19.2 Å². The summed E-state index contributed by atoms with van der Waals surface area (Å²) in [6.45, 7) is 5.91. The Morgan fingerprint density at radius 3 is 0.875 bits per heavy atom. The van der Waals surface area contributed by atoms with Gasteiger partial charge in [0.1, 0.15) is 0 Å². The molecular formula is C27H33N6O6Zr. The van der Waals surface area contributed by atoms with Crippen molar-refractivity contribution in [3.05, 3.63) is 69.1 Å². The Labute approximate surface area is 253 Å². The van der Waals surface area contributed by atoms with Crippen LogP contribution in [0, 0.1) is 18.2 Å². The normalized spacial score (nSPS) is 14.9. The molecule has 13 heteroatoms. The molecule has 0 saturated carbocycles. The minimum absolute atomic E-state index is 0. The molecule has 0 fully saturated rings. The molecule has 6 amide bonds. The zero-order valence-electron chi connectivity index (χ0n) is 22.7. The molecule has 6 N–H and O–H groups in total. The summed E-state index contributed by atoms with van der Waals surface area (Å²) in [4.78, 5) is 61.4. The number of carbonyl (C=O) groups is 6. The predicted octanol–water partition coefficient (Wildman–Crippen LogP) is 0.697. The van der Waals surface area contributed by atoms with Crippen molar-refractivity contribution in [2.45, 2.75) is 59.3 Å². The van der Waals surface area contributed by atoms with Crippen LogP contribution >= 0.6 is 0 Å². The average molecular weight is 629 g/mol. The van der Waals surface area contributed by atoms with Crippen LogP contribution in [0.3, 0.4) is 0 Å². The van der Waals surface area contributed by atoms with Gasteiger partial charge in [0, 0.05) is 0 Å². The van der Waals surface area contributed by atoms with Gasteiger partial charge >= 0.3 is 26.2 Å². The van der Waals surface area contributed by atoms with E-state index in [9.17, 15) is 28.8 Å². The summed E-state index contributed by atoms with van der Waals surface area (Å²) in [5, 5.41) is 15.3. The number of nitrogens with one attached hydrogen (secondary N) is 6. The third kappa shape index (κ3) is 10.7. The van der Waals surface area contributed by atoms with Gasteiger partial charge in [-0.05, 0) is 0 Å². The standard InChI is InChI=1S/3C9H11N2O2.Zr/c3*1-2-7-3-4-8(10-5-12)9(7)11-6-13;/h3*5-6H,2,4H2,1H3,(H,10,12)(H,11,13);/q3*-1;+3. The van der Waals surface area contributed by atoms with E-state index in [0.717, 1.165) is 36.0 Å². The van der Waals surface area contributed by atoms with Crippen molar-refractivity contribution >= 4 is 38.5 Å². The smallest absolute Gasteiger partial charge is 0.405 e. The van der Waals surface area contributed by atoms with E-state index in [4.69, 9.17) is 0 Å². The second kappa shape index (κ2) is 21.0. The molecule has 211 valence electrons. The van der Waals surface area contributed by atoms with Gasteiger partial charge in [0.2, 0.25) is 19.2 Å². The van der Waals surface area contributed by atoms with E-state index < -0.39 is 0 Å². The maximum absolute atomic E-state index is 10.3. The SMILES string of the molecule is CCC1=[C-]CC(NC=O)=C1NC=O.CCC1=[C-]CC(NC=O)=C1NC=O.CCC1=[C-]CC(NC=O)=C1NC=O.[Zr+3]. The molecule has 40 heavy (non-hydrogen) atoms. The molecule has 0 saturated heterocycles. The Balaban J connectivity index is 0.000000563. The van der Waals surface area contributed by atoms with E-state index in [0.29, 0.717) is 91.9 Å². The fourth-order valence-corrected chi connectivity index (χ4v) is 3.85. The summed E-state index contributed by atoms with van der Waals surface area (Å²) in [5.74, 6) is 0. The molecule has 0 unspecified atom stereocenters. The Morgan fingerprint density at radius 1 is 0.475 bits per heavy atom. The fourth-order valence-electron chi connectivity index (χ4n) is 3.85. The molecule has 0 spiro atoms. The summed E-state index contributed by atoms with van der Waals surface area (Å²) >= 11 is 0. The molecule has 0 aromatic heterocycles. The molecule has 0 aromatic carbocycles. The van der Waals surface area contributed by atoms with Gasteiger partial charge in [-0.25, -0.2) is 0 Å². The summed E-state index contributed by atoms with van der Waals surface area (Å²) in [7, 11) is 0. The van der Waals surface area contributed by atoms with Crippen molar-refractivity contribution in [3.8, 4) is 0 Å². The second-order valence-corrected chi connectivity index (χ2v) is 7.69. The predicted molar refractivity (Wildman–Crippen MR) is 141 cm³/mol. The van der Waals surface area contributed by atoms with Crippen molar-refractivity contribution in [1.82, 2.24) is 31.9 Å². The molecule has 3 rings (SSSR count). The maximum Gasteiger partial charge on any atom is 3.00 e. The van der Waals surface area contributed by atoms with Crippen molar-refractivity contribution in [3.63, 3.8) is 0 Å². The number of amides is 6. The van der Waals surface area contributed by atoms with Crippen LogP contribution in [0.1, 0.15) is 59.3 Å². The molecule has 0 bridgehead atoms. The number of carbonyl (C=O) groups excluding carboxylic acids is 6. The van der Waals surface area contributed by atoms with Crippen molar-refractivity contribution in [2.75, 3.05) is 0 Å². The van der Waals surface area contributed by atoms with Gasteiger partial charge in [-0.3, -0.25) is 47.0 Å². The van der Waals surface area contributed by atoms with Gasteiger partial charge in [-0.15, -0.1) is 0 Å². The van der Waals surface area contributed by atoms with E-state index >= 15 is 0 Å². The van der Waals surface area contributed by atoms with Crippen molar-refractivity contribution < 1.29 is 55.0 Å². The largest absolute Gasteiger partial charge is 3.00 e. The van der Waals surface area contributed by atoms with E-state index in [1.165, 1.54) is 0 Å². The second-order valence-electron chi connectivity index (χ2n) is 7.69. The quantitative estimate of drug-likeness (QED) is 0.115. The Morgan fingerprint density at radius 2 is 0.700 bits per heavy atom. The molecule has 0 atom stereocenters. The average Bonchev–Trinajstić information content (AvgIpc) is 3.64. The topological polar surface area (TPSA) is 175 Å². The number of rotatable bonds is 15. The fraction of sp³-hybridized carbons (Fsp3) is 0.333. The minimum Gasteiger partial charge on any atom is -0.405 e. The summed E-state index contributed by atoms with van der Waals surface area (Å²) in [5.41, 5.74) is 7.00. The molecule has 0 aromatic rings. The number of allylic oxidation sites excluding steroid dienone is 6. The molecule has 3 aliphatic carbocycles. The van der Waals surface area contributed by atoms with Crippen LogP contribution < -0.4 is 31.9 Å². The molecular weight excluding hydrogens is 596 g/mol. The first-order valence-electron chi connectivity index (χ1n) is 12.2. The van der Waals surface area contributed by atoms with Crippen molar-refractivity contribution in [2.24, 2.45) is 0 Å². The molecule has 12 nitrogen and oxygen atoms in total. The molecule has 3 aliphatic rings. The van der Waals surface area contributed by atoms with E-state index in [1.807, 2.05) is 20.8 Å². The first kappa shape index (κ1) is 36.1. The molecule has 1 radical (unpaired) electrons. The van der Waals surface area contributed by atoms with Crippen LogP contribution in [0.5, 0.6) is 0 Å². The Hall–Kier alpha value is -3.86. The monoisotopic (exact) mass is 627 g/mol. The summed E-state index contributed by atoms with van der Waals surface area (Å²) in [6.07, 6.45) is 16.9. The molecule has 0 heterocycles. The first-order valence-corrected chi connectivity index (χ1v) is 12.2. The van der Waals surface area contributed by atoms with E-state index in [2.05, 4.69) is 50.1 Å². The van der Waals surface area contributed by atoms with Gasteiger partial charge in [0.05, 0.1) is 0 Å². The summed E-state index contributed by atoms with van der Waals surface area (Å²) < 4.78 is 0. The van der Waals surface area contributed by atoms with Crippen LogP contribution in [-0.2, 0) is 55.0 Å². The van der Waals surface area contributed by atoms with Gasteiger partial charge in [0.25, 0.3) is 0 Å². The number of hydrogen-bond donors (Lipinski definition) is 6. The van der Waals surface area contributed by atoms with Crippen molar-refractivity contribution in [1.29, 1.82) is 0 Å². The zero-order valence-corrected chi connectivity index (χ0v) is 25.1. The first-order chi connectivity index (χ1) is 19.0. The van der Waals surface area contributed by atoms with Gasteiger partial charge in [-0.1, -0.05) is 93.5 Å². The van der Waals surface area contributed by atoms with Crippen LogP contribution in [0.2, 0.25) is 0 Å². The summed E-state index contributed by atoms with van der Waals surface area (Å²) in [6, 6.07) is 0. The maximum atomic E-state index is 10.3. The minimum atomic E-state index is 0.